The second-order valence-electron chi connectivity index (χ2n) is 5.31. The monoisotopic (exact) mass is 277 g/mol. The van der Waals surface area contributed by atoms with Crippen LogP contribution in [0.3, 0.4) is 0 Å². The Morgan fingerprint density at radius 1 is 1.30 bits per heavy atom. The summed E-state index contributed by atoms with van der Waals surface area (Å²) in [5.74, 6) is 1.46. The van der Waals surface area contributed by atoms with Crippen LogP contribution in [-0.2, 0) is 0 Å². The van der Waals surface area contributed by atoms with Gasteiger partial charge in [-0.3, -0.25) is 4.79 Å². The van der Waals surface area contributed by atoms with E-state index < -0.39 is 0 Å². The molecule has 1 aliphatic heterocycles. The smallest absolute Gasteiger partial charge is 0.170 e. The molecule has 0 aliphatic carbocycles. The Morgan fingerprint density at radius 2 is 2.05 bits per heavy atom. The minimum atomic E-state index is -0.280. The third-order valence-electron chi connectivity index (χ3n) is 4.28. The highest BCUT2D eigenvalue weighted by molar-refractivity contribution is 6.01. The van der Waals surface area contributed by atoms with Crippen LogP contribution in [0.4, 0.5) is 0 Å². The van der Waals surface area contributed by atoms with E-state index in [1.165, 1.54) is 0 Å². The molecule has 1 N–H and O–H groups in total. The van der Waals surface area contributed by atoms with Crippen LogP contribution in [0.5, 0.6) is 11.5 Å². The van der Waals surface area contributed by atoms with E-state index in [9.17, 15) is 4.79 Å². The summed E-state index contributed by atoms with van der Waals surface area (Å²) in [6.07, 6.45) is 2.85. The second kappa shape index (κ2) is 6.27. The van der Waals surface area contributed by atoms with Gasteiger partial charge in [0.05, 0.1) is 14.2 Å². The number of benzene rings is 1. The van der Waals surface area contributed by atoms with Gasteiger partial charge in [-0.25, -0.2) is 0 Å². The molecule has 1 aliphatic rings. The number of Topliss-reactive ketones (excluding diaryl/α,β-unsaturated/α-hetero) is 1. The molecule has 1 heterocycles. The van der Waals surface area contributed by atoms with Crippen molar-refractivity contribution in [2.24, 2.45) is 5.41 Å². The zero-order chi connectivity index (χ0) is 14.6. The quantitative estimate of drug-likeness (QED) is 0.841. The van der Waals surface area contributed by atoms with Gasteiger partial charge in [0.2, 0.25) is 0 Å². The van der Waals surface area contributed by atoms with Gasteiger partial charge >= 0.3 is 0 Å². The van der Waals surface area contributed by atoms with Gasteiger partial charge in [-0.1, -0.05) is 6.92 Å². The average molecular weight is 277 g/mol. The van der Waals surface area contributed by atoms with Crippen LogP contribution in [0.2, 0.25) is 0 Å². The third kappa shape index (κ3) is 2.66. The lowest BCUT2D eigenvalue weighted by atomic mass is 9.73. The van der Waals surface area contributed by atoms with Crippen LogP contribution >= 0.6 is 0 Å². The standard InChI is InChI=1S/C16H23NO3/c1-4-16(8-5-9-17-11-16)15(18)12-6-7-13(19-2)14(10-12)20-3/h6-7,10,17H,4-5,8-9,11H2,1-3H3. The van der Waals surface area contributed by atoms with Gasteiger partial charge in [-0.15, -0.1) is 0 Å². The van der Waals surface area contributed by atoms with E-state index in [1.54, 1.807) is 26.4 Å². The number of hydrogen-bond acceptors (Lipinski definition) is 4. The molecule has 4 nitrogen and oxygen atoms in total. The first kappa shape index (κ1) is 14.9. The van der Waals surface area contributed by atoms with Crippen LogP contribution in [0.1, 0.15) is 36.5 Å². The van der Waals surface area contributed by atoms with Crippen LogP contribution < -0.4 is 14.8 Å². The van der Waals surface area contributed by atoms with Gasteiger partial charge in [0, 0.05) is 17.5 Å². The number of hydrogen-bond donors (Lipinski definition) is 1. The minimum absolute atomic E-state index is 0.202. The van der Waals surface area contributed by atoms with Crippen molar-refractivity contribution >= 4 is 5.78 Å². The highest BCUT2D eigenvalue weighted by atomic mass is 16.5. The Hall–Kier alpha value is -1.55. The van der Waals surface area contributed by atoms with E-state index in [2.05, 4.69) is 12.2 Å². The Bertz CT molecular complexity index is 479. The molecule has 0 radical (unpaired) electrons. The topological polar surface area (TPSA) is 47.6 Å². The fraction of sp³-hybridized carbons (Fsp3) is 0.562. The molecule has 0 aromatic heterocycles. The summed E-state index contributed by atoms with van der Waals surface area (Å²) >= 11 is 0. The van der Waals surface area contributed by atoms with E-state index in [0.29, 0.717) is 17.1 Å². The number of methoxy groups -OCH3 is 2. The maximum atomic E-state index is 12.9. The fourth-order valence-corrected chi connectivity index (χ4v) is 2.91. The summed E-state index contributed by atoms with van der Waals surface area (Å²) in [4.78, 5) is 12.9. The summed E-state index contributed by atoms with van der Waals surface area (Å²) in [7, 11) is 3.18. The summed E-state index contributed by atoms with van der Waals surface area (Å²) in [6, 6.07) is 5.41. The zero-order valence-electron chi connectivity index (χ0n) is 12.5. The Kier molecular flexibility index (Phi) is 4.65. The van der Waals surface area contributed by atoms with Crippen molar-refractivity contribution in [3.05, 3.63) is 23.8 Å². The molecular weight excluding hydrogens is 254 g/mol. The SMILES string of the molecule is CCC1(C(=O)c2ccc(OC)c(OC)c2)CCCNC1. The van der Waals surface area contributed by atoms with Crippen LogP contribution in [0.25, 0.3) is 0 Å². The van der Waals surface area contributed by atoms with Crippen molar-refractivity contribution in [2.75, 3.05) is 27.3 Å². The van der Waals surface area contributed by atoms with Gasteiger partial charge in [-0.2, -0.15) is 0 Å². The maximum Gasteiger partial charge on any atom is 0.170 e. The summed E-state index contributed by atoms with van der Waals surface area (Å²) < 4.78 is 10.5. The van der Waals surface area contributed by atoms with Crippen LogP contribution in [0, 0.1) is 5.41 Å². The van der Waals surface area contributed by atoms with Crippen molar-refractivity contribution in [2.45, 2.75) is 26.2 Å². The molecule has 0 saturated carbocycles. The molecular formula is C16H23NO3. The van der Waals surface area contributed by atoms with Crippen LogP contribution in [0.15, 0.2) is 18.2 Å². The van der Waals surface area contributed by atoms with Gasteiger partial charge in [-0.05, 0) is 44.0 Å². The molecule has 20 heavy (non-hydrogen) atoms. The molecule has 4 heteroatoms. The van der Waals surface area contributed by atoms with Gasteiger partial charge in [0.1, 0.15) is 0 Å². The number of ketones is 1. The third-order valence-corrected chi connectivity index (χ3v) is 4.28. The molecule has 1 unspecified atom stereocenters. The lowest BCUT2D eigenvalue weighted by Crippen LogP contribution is -2.45. The lowest BCUT2D eigenvalue weighted by Gasteiger charge is -2.35. The minimum Gasteiger partial charge on any atom is -0.493 e. The van der Waals surface area contributed by atoms with Crippen LogP contribution in [-0.4, -0.2) is 33.1 Å². The number of piperidine rings is 1. The first-order valence-corrected chi connectivity index (χ1v) is 7.14. The van der Waals surface area contributed by atoms with Crippen molar-refractivity contribution in [3.63, 3.8) is 0 Å². The van der Waals surface area contributed by atoms with Gasteiger partial charge < -0.3 is 14.8 Å². The van der Waals surface area contributed by atoms with E-state index >= 15 is 0 Å². The maximum absolute atomic E-state index is 12.9. The predicted molar refractivity (Wildman–Crippen MR) is 78.7 cm³/mol. The largest absolute Gasteiger partial charge is 0.493 e. The molecule has 0 spiro atoms. The van der Waals surface area contributed by atoms with E-state index in [1.807, 2.05) is 6.07 Å². The highest BCUT2D eigenvalue weighted by Crippen LogP contribution is 2.36. The predicted octanol–water partition coefficient (Wildman–Crippen LogP) is 2.67. The molecule has 1 atom stereocenters. The summed E-state index contributed by atoms with van der Waals surface area (Å²) in [5.41, 5.74) is 0.422. The Morgan fingerprint density at radius 3 is 2.60 bits per heavy atom. The van der Waals surface area contributed by atoms with Crippen molar-refractivity contribution in [3.8, 4) is 11.5 Å². The summed E-state index contributed by atoms with van der Waals surface area (Å²) in [6.45, 7) is 3.85. The molecule has 0 amide bonds. The van der Waals surface area contributed by atoms with Gasteiger partial charge in [0.15, 0.2) is 17.3 Å². The number of carbonyl (C=O) groups is 1. The van der Waals surface area contributed by atoms with Crippen molar-refractivity contribution < 1.29 is 14.3 Å². The number of ether oxygens (including phenoxy) is 2. The summed E-state index contributed by atoms with van der Waals surface area (Å²) in [5, 5.41) is 3.35. The molecule has 1 aromatic carbocycles. The number of nitrogens with one attached hydrogen (secondary N) is 1. The van der Waals surface area contributed by atoms with Crippen molar-refractivity contribution in [1.82, 2.24) is 5.32 Å². The molecule has 1 aromatic rings. The van der Waals surface area contributed by atoms with Gasteiger partial charge in [0.25, 0.3) is 0 Å². The molecule has 0 bridgehead atoms. The van der Waals surface area contributed by atoms with Crippen molar-refractivity contribution in [1.29, 1.82) is 0 Å². The highest BCUT2D eigenvalue weighted by Gasteiger charge is 2.38. The second-order valence-corrected chi connectivity index (χ2v) is 5.31. The lowest BCUT2D eigenvalue weighted by molar-refractivity contribution is 0.0730. The number of carbonyl (C=O) groups excluding carboxylic acids is 1. The first-order valence-electron chi connectivity index (χ1n) is 7.14. The number of rotatable bonds is 5. The average Bonchev–Trinajstić information content (AvgIpc) is 2.54. The molecule has 1 saturated heterocycles. The first-order chi connectivity index (χ1) is 9.66. The zero-order valence-corrected chi connectivity index (χ0v) is 12.5. The Balaban J connectivity index is 2.32. The van der Waals surface area contributed by atoms with E-state index in [4.69, 9.17) is 9.47 Å². The molecule has 2 rings (SSSR count). The normalized spacial score (nSPS) is 22.4. The molecule has 110 valence electrons. The molecule has 1 fully saturated rings. The van der Waals surface area contributed by atoms with E-state index in [-0.39, 0.29) is 11.2 Å². The fourth-order valence-electron chi connectivity index (χ4n) is 2.91. The Labute approximate surface area is 120 Å². The van der Waals surface area contributed by atoms with E-state index in [0.717, 1.165) is 32.4 Å².